The average molecular weight is 273 g/mol. The van der Waals surface area contributed by atoms with E-state index in [1.807, 2.05) is 0 Å². The highest BCUT2D eigenvalue weighted by atomic mass is 16.5. The second-order valence-corrected chi connectivity index (χ2v) is 7.54. The molecule has 1 heterocycles. The molecule has 0 atom stereocenters. The summed E-state index contributed by atoms with van der Waals surface area (Å²) < 4.78 is 5.91. The summed E-state index contributed by atoms with van der Waals surface area (Å²) in [6, 6.07) is 0. The standard InChI is InChI=1S/C18H27NO/c1(7-20-17-3-5-19-6-4-17)2-18-15-9-13-8-14(11-15)12-16(18)10-13/h13-19H,3-12H2. The summed E-state index contributed by atoms with van der Waals surface area (Å²) >= 11 is 0. The second-order valence-electron chi connectivity index (χ2n) is 7.54. The maximum absolute atomic E-state index is 5.91. The van der Waals surface area contributed by atoms with Crippen molar-refractivity contribution in [3.05, 3.63) is 0 Å². The van der Waals surface area contributed by atoms with Crippen molar-refractivity contribution in [3.8, 4) is 11.8 Å². The van der Waals surface area contributed by atoms with Gasteiger partial charge in [-0.3, -0.25) is 0 Å². The van der Waals surface area contributed by atoms with Gasteiger partial charge in [0.2, 0.25) is 0 Å². The fourth-order valence-corrected chi connectivity index (χ4v) is 5.44. The van der Waals surface area contributed by atoms with Gasteiger partial charge in [0.25, 0.3) is 0 Å². The number of ether oxygens (including phenoxy) is 1. The highest BCUT2D eigenvalue weighted by molar-refractivity contribution is 5.13. The van der Waals surface area contributed by atoms with E-state index in [0.29, 0.717) is 18.6 Å². The van der Waals surface area contributed by atoms with Crippen molar-refractivity contribution in [2.75, 3.05) is 19.7 Å². The van der Waals surface area contributed by atoms with Gasteiger partial charge >= 0.3 is 0 Å². The number of hydrogen-bond acceptors (Lipinski definition) is 2. The Bertz CT molecular complexity index is 373. The molecule has 20 heavy (non-hydrogen) atoms. The number of rotatable bonds is 2. The Hall–Kier alpha value is -0.520. The van der Waals surface area contributed by atoms with Crippen LogP contribution in [0.4, 0.5) is 0 Å². The van der Waals surface area contributed by atoms with Crippen LogP contribution in [0.5, 0.6) is 0 Å². The van der Waals surface area contributed by atoms with Gasteiger partial charge in [0.15, 0.2) is 0 Å². The van der Waals surface area contributed by atoms with E-state index in [4.69, 9.17) is 4.74 Å². The predicted molar refractivity (Wildman–Crippen MR) is 80.2 cm³/mol. The van der Waals surface area contributed by atoms with Crippen LogP contribution in [-0.4, -0.2) is 25.8 Å². The van der Waals surface area contributed by atoms with E-state index in [9.17, 15) is 0 Å². The highest BCUT2D eigenvalue weighted by Gasteiger charge is 2.47. The van der Waals surface area contributed by atoms with Crippen LogP contribution in [0, 0.1) is 41.4 Å². The lowest BCUT2D eigenvalue weighted by Gasteiger charge is -2.52. The predicted octanol–water partition coefficient (Wildman–Crippen LogP) is 2.83. The summed E-state index contributed by atoms with van der Waals surface area (Å²) in [7, 11) is 0. The molecular formula is C18H27NO. The SMILES string of the molecule is C(#CC1C2CC3CC(C2)CC1C3)COC1CCNCC1. The Labute approximate surface area is 123 Å². The number of nitrogens with one attached hydrogen (secondary N) is 1. The Kier molecular flexibility index (Phi) is 3.75. The zero-order chi connectivity index (χ0) is 13.4. The van der Waals surface area contributed by atoms with E-state index in [1.54, 1.807) is 0 Å². The smallest absolute Gasteiger partial charge is 0.108 e. The van der Waals surface area contributed by atoms with Gasteiger partial charge in [-0.2, -0.15) is 0 Å². The molecule has 0 spiro atoms. The lowest BCUT2D eigenvalue weighted by molar-refractivity contribution is -0.0125. The first-order valence-electron chi connectivity index (χ1n) is 8.69. The Morgan fingerprint density at radius 1 is 0.900 bits per heavy atom. The highest BCUT2D eigenvalue weighted by Crippen LogP contribution is 2.56. The van der Waals surface area contributed by atoms with E-state index in [0.717, 1.165) is 49.6 Å². The first-order chi connectivity index (χ1) is 9.88. The van der Waals surface area contributed by atoms with Gasteiger partial charge in [-0.25, -0.2) is 0 Å². The van der Waals surface area contributed by atoms with E-state index >= 15 is 0 Å². The Morgan fingerprint density at radius 3 is 2.20 bits per heavy atom. The molecule has 5 fully saturated rings. The molecule has 1 N–H and O–H groups in total. The van der Waals surface area contributed by atoms with E-state index < -0.39 is 0 Å². The summed E-state index contributed by atoms with van der Waals surface area (Å²) in [5, 5.41) is 3.38. The zero-order valence-corrected chi connectivity index (χ0v) is 12.4. The molecule has 1 aliphatic heterocycles. The average Bonchev–Trinajstić information content (AvgIpc) is 2.46. The van der Waals surface area contributed by atoms with E-state index in [2.05, 4.69) is 17.2 Å². The summed E-state index contributed by atoms with van der Waals surface area (Å²) in [5.74, 6) is 11.7. The Morgan fingerprint density at radius 2 is 1.55 bits per heavy atom. The fraction of sp³-hybridized carbons (Fsp3) is 0.889. The van der Waals surface area contributed by atoms with E-state index in [-0.39, 0.29) is 0 Å². The fourth-order valence-electron chi connectivity index (χ4n) is 5.44. The minimum Gasteiger partial charge on any atom is -0.365 e. The molecule has 0 aromatic carbocycles. The van der Waals surface area contributed by atoms with Crippen molar-refractivity contribution in [1.29, 1.82) is 0 Å². The topological polar surface area (TPSA) is 21.3 Å². The third kappa shape index (κ3) is 2.63. The van der Waals surface area contributed by atoms with E-state index in [1.165, 1.54) is 32.1 Å². The summed E-state index contributed by atoms with van der Waals surface area (Å²) in [6.07, 6.45) is 10.2. The number of hydrogen-bond donors (Lipinski definition) is 1. The second kappa shape index (κ2) is 5.70. The van der Waals surface area contributed by atoms with Crippen LogP contribution in [0.2, 0.25) is 0 Å². The van der Waals surface area contributed by atoms with Gasteiger partial charge in [-0.15, -0.1) is 0 Å². The first kappa shape index (κ1) is 13.2. The Balaban J connectivity index is 1.30. The van der Waals surface area contributed by atoms with Crippen LogP contribution >= 0.6 is 0 Å². The third-order valence-electron chi connectivity index (χ3n) is 6.17. The van der Waals surface area contributed by atoms with Crippen LogP contribution in [0.25, 0.3) is 0 Å². The minimum absolute atomic E-state index is 0.448. The first-order valence-corrected chi connectivity index (χ1v) is 8.69. The quantitative estimate of drug-likeness (QED) is 0.781. The lowest BCUT2D eigenvalue weighted by atomic mass is 9.52. The van der Waals surface area contributed by atoms with Gasteiger partial charge in [0.1, 0.15) is 6.61 Å². The van der Waals surface area contributed by atoms with Crippen molar-refractivity contribution >= 4 is 0 Å². The van der Waals surface area contributed by atoms with Crippen LogP contribution in [-0.2, 0) is 4.74 Å². The third-order valence-corrected chi connectivity index (χ3v) is 6.17. The van der Waals surface area contributed by atoms with Crippen molar-refractivity contribution in [1.82, 2.24) is 5.32 Å². The van der Waals surface area contributed by atoms with Crippen LogP contribution in [0.15, 0.2) is 0 Å². The van der Waals surface area contributed by atoms with Gasteiger partial charge in [0.05, 0.1) is 6.10 Å². The van der Waals surface area contributed by atoms with Crippen molar-refractivity contribution < 1.29 is 4.74 Å². The molecular weight excluding hydrogens is 246 g/mol. The maximum Gasteiger partial charge on any atom is 0.108 e. The molecule has 2 nitrogen and oxygen atoms in total. The molecule has 0 unspecified atom stereocenters. The van der Waals surface area contributed by atoms with Crippen LogP contribution in [0.1, 0.15) is 44.9 Å². The van der Waals surface area contributed by atoms with Crippen molar-refractivity contribution in [2.45, 2.75) is 51.0 Å². The molecule has 2 heteroatoms. The van der Waals surface area contributed by atoms with Crippen molar-refractivity contribution in [2.24, 2.45) is 29.6 Å². The molecule has 0 amide bonds. The summed E-state index contributed by atoms with van der Waals surface area (Å²) in [5.41, 5.74) is 0. The minimum atomic E-state index is 0.448. The van der Waals surface area contributed by atoms with Gasteiger partial charge in [-0.05, 0) is 81.7 Å². The number of piperidine rings is 1. The molecule has 4 saturated carbocycles. The molecule has 4 aliphatic carbocycles. The molecule has 4 bridgehead atoms. The molecule has 0 radical (unpaired) electrons. The normalized spacial score (nSPS) is 43.3. The monoisotopic (exact) mass is 273 g/mol. The summed E-state index contributed by atoms with van der Waals surface area (Å²) in [4.78, 5) is 0. The molecule has 0 aromatic heterocycles. The maximum atomic E-state index is 5.91. The lowest BCUT2D eigenvalue weighted by Crippen LogP contribution is -2.44. The molecule has 1 saturated heterocycles. The zero-order valence-electron chi connectivity index (χ0n) is 12.4. The summed E-state index contributed by atoms with van der Waals surface area (Å²) in [6.45, 7) is 2.87. The molecule has 5 aliphatic rings. The van der Waals surface area contributed by atoms with Gasteiger partial charge < -0.3 is 10.1 Å². The van der Waals surface area contributed by atoms with Crippen LogP contribution < -0.4 is 5.32 Å². The van der Waals surface area contributed by atoms with Crippen molar-refractivity contribution in [3.63, 3.8) is 0 Å². The molecule has 5 rings (SSSR count). The largest absolute Gasteiger partial charge is 0.365 e. The van der Waals surface area contributed by atoms with Gasteiger partial charge in [0, 0.05) is 5.92 Å². The molecule has 110 valence electrons. The van der Waals surface area contributed by atoms with Gasteiger partial charge in [-0.1, -0.05) is 11.8 Å². The molecule has 0 aromatic rings. The van der Waals surface area contributed by atoms with Crippen LogP contribution in [0.3, 0.4) is 0 Å².